The van der Waals surface area contributed by atoms with Crippen molar-refractivity contribution in [2.24, 2.45) is 0 Å². The van der Waals surface area contributed by atoms with E-state index in [1.54, 1.807) is 14.0 Å². The highest BCUT2D eigenvalue weighted by atomic mass is 32.2. The zero-order chi connectivity index (χ0) is 14.6. The molecule has 0 amide bonds. The first kappa shape index (κ1) is 14.7. The van der Waals surface area contributed by atoms with Crippen LogP contribution in [0, 0.1) is 6.92 Å². The molecule has 0 saturated heterocycles. The third-order valence-electron chi connectivity index (χ3n) is 2.84. The van der Waals surface area contributed by atoms with Crippen LogP contribution in [0.25, 0.3) is 0 Å². The Morgan fingerprint density at radius 3 is 2.60 bits per heavy atom. The number of hydrogen-bond acceptors (Lipinski definition) is 4. The molecular weight excluding hydrogens is 278 g/mol. The van der Waals surface area contributed by atoms with E-state index >= 15 is 0 Å². The molecule has 0 spiro atoms. The molecule has 0 aliphatic heterocycles. The van der Waals surface area contributed by atoms with Crippen molar-refractivity contribution >= 4 is 10.0 Å². The summed E-state index contributed by atoms with van der Waals surface area (Å²) in [5.74, 6) is 0.560. The number of sulfonamides is 1. The van der Waals surface area contributed by atoms with Crippen LogP contribution in [-0.4, -0.2) is 25.5 Å². The largest absolute Gasteiger partial charge is 0.380 e. The molecule has 7 heteroatoms. The minimum atomic E-state index is -3.58. The number of hydrogen-bond donors (Lipinski definition) is 2. The van der Waals surface area contributed by atoms with Crippen LogP contribution in [0.4, 0.5) is 0 Å². The topological polar surface area (TPSA) is 84.1 Å². The van der Waals surface area contributed by atoms with Crippen molar-refractivity contribution in [1.82, 2.24) is 14.7 Å². The third-order valence-corrected chi connectivity index (χ3v) is 4.15. The zero-order valence-corrected chi connectivity index (χ0v) is 12.2. The van der Waals surface area contributed by atoms with Gasteiger partial charge in [-0.1, -0.05) is 24.3 Å². The molecule has 1 aromatic heterocycles. The molecule has 0 bridgehead atoms. The third kappa shape index (κ3) is 3.44. The Hall–Kier alpha value is -1.70. The molecule has 0 unspecified atom stereocenters. The van der Waals surface area contributed by atoms with Gasteiger partial charge in [-0.25, -0.2) is 18.1 Å². The van der Waals surface area contributed by atoms with Crippen LogP contribution in [0.1, 0.15) is 17.0 Å². The number of nitrogens with zero attached hydrogens (tertiary/aromatic N) is 1. The van der Waals surface area contributed by atoms with Gasteiger partial charge in [0.2, 0.25) is 0 Å². The van der Waals surface area contributed by atoms with Gasteiger partial charge in [0.15, 0.2) is 5.03 Å². The van der Waals surface area contributed by atoms with E-state index in [4.69, 9.17) is 4.74 Å². The summed E-state index contributed by atoms with van der Waals surface area (Å²) in [5, 5.41) is 0.0687. The maximum atomic E-state index is 12.1. The molecule has 0 saturated carbocycles. The number of aromatic amines is 1. The van der Waals surface area contributed by atoms with Gasteiger partial charge in [0.25, 0.3) is 10.0 Å². The number of rotatable bonds is 6. The van der Waals surface area contributed by atoms with E-state index in [1.807, 2.05) is 24.3 Å². The van der Waals surface area contributed by atoms with Crippen molar-refractivity contribution in [3.63, 3.8) is 0 Å². The minimum Gasteiger partial charge on any atom is -0.380 e. The van der Waals surface area contributed by atoms with Gasteiger partial charge in [0.05, 0.1) is 12.8 Å². The van der Waals surface area contributed by atoms with E-state index in [0.717, 1.165) is 11.1 Å². The van der Waals surface area contributed by atoms with E-state index in [-0.39, 0.29) is 11.6 Å². The fourth-order valence-electron chi connectivity index (χ4n) is 1.81. The first-order chi connectivity index (χ1) is 9.53. The van der Waals surface area contributed by atoms with Gasteiger partial charge in [0, 0.05) is 13.7 Å². The molecule has 108 valence electrons. The fourth-order valence-corrected chi connectivity index (χ4v) is 2.79. The molecule has 6 nitrogen and oxygen atoms in total. The van der Waals surface area contributed by atoms with Crippen molar-refractivity contribution < 1.29 is 13.2 Å². The predicted molar refractivity (Wildman–Crippen MR) is 74.5 cm³/mol. The molecule has 1 heterocycles. The van der Waals surface area contributed by atoms with Crippen LogP contribution < -0.4 is 4.72 Å². The van der Waals surface area contributed by atoms with Crippen LogP contribution in [0.3, 0.4) is 0 Å². The summed E-state index contributed by atoms with van der Waals surface area (Å²) in [5.41, 5.74) is 1.84. The molecule has 2 N–H and O–H groups in total. The van der Waals surface area contributed by atoms with E-state index in [0.29, 0.717) is 12.4 Å². The van der Waals surface area contributed by atoms with Gasteiger partial charge in [-0.05, 0) is 18.1 Å². The summed E-state index contributed by atoms with van der Waals surface area (Å²) in [4.78, 5) is 6.60. The Morgan fingerprint density at radius 2 is 2.00 bits per heavy atom. The molecule has 0 aliphatic rings. The summed E-state index contributed by atoms with van der Waals surface area (Å²) < 4.78 is 31.8. The minimum absolute atomic E-state index is 0.0687. The fraction of sp³-hybridized carbons (Fsp3) is 0.308. The van der Waals surface area contributed by atoms with Gasteiger partial charge < -0.3 is 9.72 Å². The number of imidazole rings is 1. The van der Waals surface area contributed by atoms with Gasteiger partial charge >= 0.3 is 0 Å². The Morgan fingerprint density at radius 1 is 1.30 bits per heavy atom. The van der Waals surface area contributed by atoms with E-state index in [9.17, 15) is 8.42 Å². The molecule has 0 fully saturated rings. The second-order valence-electron chi connectivity index (χ2n) is 4.36. The number of aromatic nitrogens is 2. The molecule has 0 atom stereocenters. The number of H-pyrrole nitrogens is 1. The first-order valence-corrected chi connectivity index (χ1v) is 7.58. The van der Waals surface area contributed by atoms with Crippen LogP contribution in [0.15, 0.2) is 35.5 Å². The van der Waals surface area contributed by atoms with Gasteiger partial charge in [-0.3, -0.25) is 0 Å². The molecular formula is C13H17N3O3S. The summed E-state index contributed by atoms with van der Waals surface area (Å²) in [6.45, 7) is 2.36. The number of benzene rings is 1. The number of methoxy groups -OCH3 is 1. The highest BCUT2D eigenvalue weighted by Crippen LogP contribution is 2.11. The Bertz CT molecular complexity index is 680. The highest BCUT2D eigenvalue weighted by Gasteiger charge is 2.16. The molecule has 0 radical (unpaired) electrons. The normalized spacial score (nSPS) is 11.7. The second-order valence-corrected chi connectivity index (χ2v) is 6.09. The summed E-state index contributed by atoms with van der Waals surface area (Å²) >= 11 is 0. The van der Waals surface area contributed by atoms with E-state index < -0.39 is 10.0 Å². The average molecular weight is 295 g/mol. The van der Waals surface area contributed by atoms with Crippen molar-refractivity contribution in [2.45, 2.75) is 25.1 Å². The first-order valence-electron chi connectivity index (χ1n) is 6.10. The Balaban J connectivity index is 2.12. The van der Waals surface area contributed by atoms with E-state index in [1.165, 1.54) is 6.20 Å². The van der Waals surface area contributed by atoms with Crippen molar-refractivity contribution in [3.05, 3.63) is 47.4 Å². The Labute approximate surface area is 118 Å². The number of nitrogens with one attached hydrogen (secondary N) is 2. The van der Waals surface area contributed by atoms with Crippen molar-refractivity contribution in [3.8, 4) is 0 Å². The van der Waals surface area contributed by atoms with Crippen LogP contribution >= 0.6 is 0 Å². The number of aryl methyl sites for hydroxylation is 1. The lowest BCUT2D eigenvalue weighted by Gasteiger charge is -2.09. The van der Waals surface area contributed by atoms with Gasteiger partial charge in [0.1, 0.15) is 5.82 Å². The summed E-state index contributed by atoms with van der Waals surface area (Å²) in [6, 6.07) is 7.54. The molecule has 20 heavy (non-hydrogen) atoms. The predicted octanol–water partition coefficient (Wildman–Crippen LogP) is 1.34. The monoisotopic (exact) mass is 295 g/mol. The smallest absolute Gasteiger partial charge is 0.257 e. The Kier molecular flexibility index (Phi) is 4.53. The van der Waals surface area contributed by atoms with Crippen LogP contribution in [-0.2, 0) is 27.9 Å². The number of ether oxygens (including phenoxy) is 1. The lowest BCUT2D eigenvalue weighted by Crippen LogP contribution is -2.24. The van der Waals surface area contributed by atoms with Crippen molar-refractivity contribution in [1.29, 1.82) is 0 Å². The molecule has 1 aromatic carbocycles. The highest BCUT2D eigenvalue weighted by molar-refractivity contribution is 7.89. The quantitative estimate of drug-likeness (QED) is 0.842. The second kappa shape index (κ2) is 6.17. The lowest BCUT2D eigenvalue weighted by molar-refractivity contribution is 0.184. The van der Waals surface area contributed by atoms with Crippen LogP contribution in [0.2, 0.25) is 0 Å². The SMILES string of the molecule is COCc1ccccc1CNS(=O)(=O)c1cnc(C)[nH]1. The van der Waals surface area contributed by atoms with Gasteiger partial charge in [-0.15, -0.1) is 0 Å². The molecule has 2 aromatic rings. The summed E-state index contributed by atoms with van der Waals surface area (Å²) in [6.07, 6.45) is 1.30. The standard InChI is InChI=1S/C13H17N3O3S/c1-10-14-8-13(16-10)20(17,18)15-7-11-5-3-4-6-12(11)9-19-2/h3-6,8,15H,7,9H2,1-2H3,(H,14,16). The van der Waals surface area contributed by atoms with Crippen molar-refractivity contribution in [2.75, 3.05) is 7.11 Å². The van der Waals surface area contributed by atoms with Crippen LogP contribution in [0.5, 0.6) is 0 Å². The molecule has 0 aliphatic carbocycles. The maximum absolute atomic E-state index is 12.1. The maximum Gasteiger partial charge on any atom is 0.257 e. The lowest BCUT2D eigenvalue weighted by atomic mass is 10.1. The van der Waals surface area contributed by atoms with Gasteiger partial charge in [-0.2, -0.15) is 0 Å². The zero-order valence-electron chi connectivity index (χ0n) is 11.4. The van der Waals surface area contributed by atoms with E-state index in [2.05, 4.69) is 14.7 Å². The average Bonchev–Trinajstić information content (AvgIpc) is 2.86. The molecule has 2 rings (SSSR count). The summed E-state index contributed by atoms with van der Waals surface area (Å²) in [7, 11) is -1.97.